The average molecular weight is 426 g/mol. The second-order valence-electron chi connectivity index (χ2n) is 7.06. The van der Waals surface area contributed by atoms with Crippen LogP contribution in [0.1, 0.15) is 0 Å². The van der Waals surface area contributed by atoms with Crippen molar-refractivity contribution >= 4 is 28.9 Å². The molecule has 0 radical (unpaired) electrons. The first-order chi connectivity index (χ1) is 14.6. The van der Waals surface area contributed by atoms with E-state index in [0.717, 1.165) is 43.3 Å². The van der Waals surface area contributed by atoms with Crippen molar-refractivity contribution in [2.45, 2.75) is 0 Å². The highest BCUT2D eigenvalue weighted by Gasteiger charge is 2.16. The van der Waals surface area contributed by atoms with Crippen LogP contribution in [0.15, 0.2) is 54.7 Å². The molecule has 1 aliphatic rings. The normalized spacial score (nSPS) is 14.4. The largest absolute Gasteiger partial charge is 0.494 e. The summed E-state index contributed by atoms with van der Waals surface area (Å²) in [4.78, 5) is 13.4. The van der Waals surface area contributed by atoms with E-state index in [0.29, 0.717) is 16.7 Å². The molecule has 156 valence electrons. The number of anilines is 3. The Bertz CT molecular complexity index is 994. The maximum absolute atomic E-state index is 6.21. The highest BCUT2D eigenvalue weighted by Crippen LogP contribution is 2.33. The first-order valence-corrected chi connectivity index (χ1v) is 10.1. The summed E-state index contributed by atoms with van der Waals surface area (Å²) in [7, 11) is 3.80. The van der Waals surface area contributed by atoms with Crippen LogP contribution in [-0.2, 0) is 0 Å². The molecule has 4 rings (SSSR count). The van der Waals surface area contributed by atoms with E-state index in [4.69, 9.17) is 21.1 Å². The average Bonchev–Trinajstić information content (AvgIpc) is 2.77. The van der Waals surface area contributed by atoms with Gasteiger partial charge in [0.1, 0.15) is 16.5 Å². The minimum atomic E-state index is 0.286. The van der Waals surface area contributed by atoms with Gasteiger partial charge in [-0.3, -0.25) is 0 Å². The fourth-order valence-electron chi connectivity index (χ4n) is 3.25. The van der Waals surface area contributed by atoms with Crippen LogP contribution in [0.25, 0.3) is 0 Å². The molecule has 1 fully saturated rings. The summed E-state index contributed by atoms with van der Waals surface area (Å²) in [5.74, 6) is 2.03. The lowest BCUT2D eigenvalue weighted by molar-refractivity contribution is 0.312. The zero-order chi connectivity index (χ0) is 20.9. The number of rotatable bonds is 6. The highest BCUT2D eigenvalue weighted by molar-refractivity contribution is 6.31. The highest BCUT2D eigenvalue weighted by atomic mass is 35.5. The number of halogens is 1. The number of hydrogen-bond acceptors (Lipinski definition) is 7. The van der Waals surface area contributed by atoms with E-state index in [1.807, 2.05) is 42.5 Å². The number of ether oxygens (including phenoxy) is 2. The van der Waals surface area contributed by atoms with E-state index in [1.165, 1.54) is 6.20 Å². The number of para-hydroxylation sites is 1. The molecule has 7 nitrogen and oxygen atoms in total. The van der Waals surface area contributed by atoms with Gasteiger partial charge in [0.05, 0.1) is 19.0 Å². The van der Waals surface area contributed by atoms with Gasteiger partial charge in [0, 0.05) is 37.9 Å². The Balaban J connectivity index is 1.53. The fourth-order valence-corrected chi connectivity index (χ4v) is 3.38. The van der Waals surface area contributed by atoms with E-state index in [-0.39, 0.29) is 5.88 Å². The minimum Gasteiger partial charge on any atom is -0.494 e. The van der Waals surface area contributed by atoms with Crippen LogP contribution in [0.3, 0.4) is 0 Å². The molecule has 0 saturated carbocycles. The van der Waals surface area contributed by atoms with E-state index in [1.54, 1.807) is 7.11 Å². The van der Waals surface area contributed by atoms with Gasteiger partial charge in [0.2, 0.25) is 11.8 Å². The molecular weight excluding hydrogens is 402 g/mol. The van der Waals surface area contributed by atoms with Gasteiger partial charge in [-0.15, -0.1) is 0 Å². The maximum Gasteiger partial charge on any atom is 0.243 e. The Labute approximate surface area is 181 Å². The molecule has 0 aliphatic carbocycles. The second kappa shape index (κ2) is 9.19. The predicted molar refractivity (Wildman–Crippen MR) is 120 cm³/mol. The molecule has 0 bridgehead atoms. The molecule has 1 aromatic heterocycles. The smallest absolute Gasteiger partial charge is 0.243 e. The summed E-state index contributed by atoms with van der Waals surface area (Å²) in [6, 6.07) is 15.4. The fraction of sp³-hybridized carbons (Fsp3) is 0.273. The summed E-state index contributed by atoms with van der Waals surface area (Å²) in [6.07, 6.45) is 1.51. The van der Waals surface area contributed by atoms with Crippen LogP contribution in [-0.4, -0.2) is 55.2 Å². The first-order valence-electron chi connectivity index (χ1n) is 9.76. The molecule has 1 aliphatic heterocycles. The van der Waals surface area contributed by atoms with Crippen molar-refractivity contribution in [3.63, 3.8) is 0 Å². The number of hydrogen-bond donors (Lipinski definition) is 1. The summed E-state index contributed by atoms with van der Waals surface area (Å²) < 4.78 is 11.4. The summed E-state index contributed by atoms with van der Waals surface area (Å²) in [5.41, 5.74) is 1.90. The Morgan fingerprint density at radius 3 is 2.53 bits per heavy atom. The molecule has 1 saturated heterocycles. The Hall–Kier alpha value is -3.03. The van der Waals surface area contributed by atoms with Crippen LogP contribution in [0.4, 0.5) is 17.3 Å². The van der Waals surface area contributed by atoms with Crippen molar-refractivity contribution in [1.82, 2.24) is 14.9 Å². The molecule has 30 heavy (non-hydrogen) atoms. The molecule has 0 spiro atoms. The minimum absolute atomic E-state index is 0.286. The molecule has 8 heteroatoms. The lowest BCUT2D eigenvalue weighted by atomic mass is 10.2. The molecule has 2 aromatic carbocycles. The number of piperazine rings is 1. The van der Waals surface area contributed by atoms with Crippen LogP contribution in [0, 0.1) is 0 Å². The van der Waals surface area contributed by atoms with Gasteiger partial charge in [0.25, 0.3) is 0 Å². The van der Waals surface area contributed by atoms with Gasteiger partial charge in [-0.1, -0.05) is 29.8 Å². The maximum atomic E-state index is 6.21. The number of nitrogens with zero attached hydrogens (tertiary/aromatic N) is 4. The third-order valence-electron chi connectivity index (χ3n) is 4.97. The van der Waals surface area contributed by atoms with Gasteiger partial charge >= 0.3 is 0 Å². The third-order valence-corrected chi connectivity index (χ3v) is 5.23. The van der Waals surface area contributed by atoms with E-state index < -0.39 is 0 Å². The third kappa shape index (κ3) is 4.75. The summed E-state index contributed by atoms with van der Waals surface area (Å²) in [5, 5.41) is 3.54. The molecule has 0 amide bonds. The molecular formula is C22H24ClN5O2. The van der Waals surface area contributed by atoms with Crippen LogP contribution in [0.2, 0.25) is 5.02 Å². The van der Waals surface area contributed by atoms with Crippen molar-refractivity contribution in [3.05, 3.63) is 59.8 Å². The molecule has 3 aromatic rings. The van der Waals surface area contributed by atoms with Crippen molar-refractivity contribution in [1.29, 1.82) is 0 Å². The van der Waals surface area contributed by atoms with Gasteiger partial charge in [-0.05, 0) is 31.3 Å². The monoisotopic (exact) mass is 425 g/mol. The lowest BCUT2D eigenvalue weighted by Crippen LogP contribution is -2.44. The number of nitrogens with one attached hydrogen (secondary N) is 1. The van der Waals surface area contributed by atoms with Crippen molar-refractivity contribution in [3.8, 4) is 17.4 Å². The Kier molecular flexibility index (Phi) is 6.21. The Morgan fingerprint density at radius 2 is 1.80 bits per heavy atom. The zero-order valence-electron chi connectivity index (χ0n) is 17.0. The summed E-state index contributed by atoms with van der Waals surface area (Å²) in [6.45, 7) is 4.08. The predicted octanol–water partition coefficient (Wildman–Crippen LogP) is 4.43. The number of methoxy groups -OCH3 is 1. The Morgan fingerprint density at radius 1 is 1.03 bits per heavy atom. The lowest BCUT2D eigenvalue weighted by Gasteiger charge is -2.34. The number of benzene rings is 2. The van der Waals surface area contributed by atoms with Crippen LogP contribution >= 0.6 is 11.6 Å². The topological polar surface area (TPSA) is 62.8 Å². The van der Waals surface area contributed by atoms with Crippen molar-refractivity contribution < 1.29 is 9.47 Å². The van der Waals surface area contributed by atoms with Crippen molar-refractivity contribution in [2.75, 3.05) is 50.6 Å². The van der Waals surface area contributed by atoms with Crippen molar-refractivity contribution in [2.24, 2.45) is 0 Å². The van der Waals surface area contributed by atoms with E-state index >= 15 is 0 Å². The van der Waals surface area contributed by atoms with Gasteiger partial charge in [-0.2, -0.15) is 4.98 Å². The van der Waals surface area contributed by atoms with Gasteiger partial charge < -0.3 is 24.6 Å². The van der Waals surface area contributed by atoms with E-state index in [2.05, 4.69) is 38.2 Å². The number of aromatic nitrogens is 2. The number of likely N-dealkylation sites (N-methyl/N-ethyl adjacent to an activating group) is 1. The standard InChI is InChI=1S/C22H24ClN5O2/c1-27-10-12-28(13-11-27)16-8-9-19(20(14-16)29-2)25-22-24-15-18(23)21(26-22)30-17-6-4-3-5-7-17/h3-9,14-15H,10-13H2,1-2H3,(H,24,25,26). The second-order valence-corrected chi connectivity index (χ2v) is 7.47. The van der Waals surface area contributed by atoms with Crippen LogP contribution < -0.4 is 19.7 Å². The quantitative estimate of drug-likeness (QED) is 0.626. The molecule has 0 unspecified atom stereocenters. The van der Waals surface area contributed by atoms with Gasteiger partial charge in [-0.25, -0.2) is 4.98 Å². The van der Waals surface area contributed by atoms with Crippen LogP contribution in [0.5, 0.6) is 17.4 Å². The van der Waals surface area contributed by atoms with E-state index in [9.17, 15) is 0 Å². The zero-order valence-corrected chi connectivity index (χ0v) is 17.8. The summed E-state index contributed by atoms with van der Waals surface area (Å²) >= 11 is 6.21. The molecule has 1 N–H and O–H groups in total. The SMILES string of the molecule is COc1cc(N2CCN(C)CC2)ccc1Nc1ncc(Cl)c(Oc2ccccc2)n1. The molecule has 0 atom stereocenters. The molecule has 2 heterocycles. The van der Waals surface area contributed by atoms with Gasteiger partial charge in [0.15, 0.2) is 0 Å². The first kappa shape index (κ1) is 20.3.